The lowest BCUT2D eigenvalue weighted by molar-refractivity contribution is -0.0392. The normalized spacial score (nSPS) is 20.5. The summed E-state index contributed by atoms with van der Waals surface area (Å²) in [5.74, 6) is -3.83. The molecule has 6 nitrogen and oxygen atoms in total. The zero-order chi connectivity index (χ0) is 21.5. The smallest absolute Gasteiger partial charge is 0.329 e. The molecule has 2 heterocycles. The van der Waals surface area contributed by atoms with Crippen molar-refractivity contribution in [2.75, 3.05) is 5.73 Å². The molecule has 2 aliphatic rings. The van der Waals surface area contributed by atoms with Crippen LogP contribution in [0.25, 0.3) is 21.3 Å². The first-order valence-corrected chi connectivity index (χ1v) is 10.5. The molecule has 3 aromatic rings. The second-order valence-corrected chi connectivity index (χ2v) is 9.18. The van der Waals surface area contributed by atoms with E-state index >= 15 is 4.39 Å². The molecule has 1 fully saturated rings. The quantitative estimate of drug-likeness (QED) is 0.536. The molecule has 5 rings (SSSR count). The molecule has 0 saturated heterocycles. The van der Waals surface area contributed by atoms with Crippen molar-refractivity contribution in [3.8, 4) is 10.4 Å². The molecule has 158 valence electrons. The summed E-state index contributed by atoms with van der Waals surface area (Å²) < 4.78 is 45.0. The molecule has 0 radical (unpaired) electrons. The van der Waals surface area contributed by atoms with Gasteiger partial charge in [-0.1, -0.05) is 0 Å². The van der Waals surface area contributed by atoms with Gasteiger partial charge in [0.05, 0.1) is 22.6 Å². The second kappa shape index (κ2) is 6.21. The number of thiophene rings is 1. The third-order valence-corrected chi connectivity index (χ3v) is 7.30. The number of anilines is 1. The topological polar surface area (TPSA) is 107 Å². The molecule has 1 unspecified atom stereocenters. The molecule has 1 atom stereocenters. The monoisotopic (exact) mass is 436 g/mol. The largest absolute Gasteiger partial charge is 0.396 e. The van der Waals surface area contributed by atoms with Gasteiger partial charge in [-0.15, -0.1) is 11.3 Å². The van der Waals surface area contributed by atoms with E-state index in [-0.39, 0.29) is 35.5 Å². The number of halogens is 3. The summed E-state index contributed by atoms with van der Waals surface area (Å²) in [6, 6.07) is -0.0573. The van der Waals surface area contributed by atoms with Gasteiger partial charge < -0.3 is 11.5 Å². The summed E-state index contributed by atoms with van der Waals surface area (Å²) >= 11 is 1.19. The first-order chi connectivity index (χ1) is 14.1. The van der Waals surface area contributed by atoms with E-state index in [1.807, 2.05) is 0 Å². The number of nitrogen functional groups attached to an aromatic ring is 1. The number of aromatic amines is 1. The zero-order valence-electron chi connectivity index (χ0n) is 16.0. The van der Waals surface area contributed by atoms with E-state index in [0.29, 0.717) is 26.4 Å². The summed E-state index contributed by atoms with van der Waals surface area (Å²) in [6.07, 6.45) is 1.32. The van der Waals surface area contributed by atoms with Crippen LogP contribution in [-0.4, -0.2) is 15.5 Å². The van der Waals surface area contributed by atoms with E-state index in [0.717, 1.165) is 12.8 Å². The Morgan fingerprint density at radius 3 is 2.67 bits per heavy atom. The lowest BCUT2D eigenvalue weighted by Gasteiger charge is -2.28. The minimum Gasteiger partial charge on any atom is -0.396 e. The van der Waals surface area contributed by atoms with Crippen molar-refractivity contribution in [1.29, 1.82) is 0 Å². The van der Waals surface area contributed by atoms with Gasteiger partial charge in [-0.3, -0.25) is 14.3 Å². The Bertz CT molecular complexity index is 1340. The van der Waals surface area contributed by atoms with Gasteiger partial charge >= 0.3 is 5.69 Å². The third kappa shape index (κ3) is 2.59. The number of aryl methyl sites for hydroxylation is 2. The number of rotatable bonds is 2. The molecule has 2 aliphatic carbocycles. The van der Waals surface area contributed by atoms with Gasteiger partial charge in [-0.25, -0.2) is 18.0 Å². The van der Waals surface area contributed by atoms with Crippen LogP contribution in [0.5, 0.6) is 0 Å². The highest BCUT2D eigenvalue weighted by Crippen LogP contribution is 2.48. The van der Waals surface area contributed by atoms with Crippen molar-refractivity contribution in [2.45, 2.75) is 50.6 Å². The average Bonchev–Trinajstić information content (AvgIpc) is 3.41. The van der Waals surface area contributed by atoms with Crippen molar-refractivity contribution in [3.05, 3.63) is 48.7 Å². The number of aromatic nitrogens is 2. The molecule has 30 heavy (non-hydrogen) atoms. The summed E-state index contributed by atoms with van der Waals surface area (Å²) in [5, 5.41) is -0.0650. The number of fused-ring (bicyclic) bond motifs is 2. The van der Waals surface area contributed by atoms with Gasteiger partial charge in [0.15, 0.2) is 5.82 Å². The Kier molecular flexibility index (Phi) is 4.01. The number of benzene rings is 1. The van der Waals surface area contributed by atoms with Crippen molar-refractivity contribution in [1.82, 2.24) is 9.55 Å². The molecule has 0 amide bonds. The standard InChI is InChI=1S/C20H19F3N4O2S/c1-7-12(11-6-9-10(30-11)4-5-20(22,23)17(9)25)14(21)15(24)13-16(7)27(8-2-3-8)19(29)26-18(13)28/h6,8,17H,2-5,24-25H2,1H3,(H,26,28,29). The van der Waals surface area contributed by atoms with E-state index < -0.39 is 29.0 Å². The summed E-state index contributed by atoms with van der Waals surface area (Å²) in [6.45, 7) is 1.62. The molecule has 5 N–H and O–H groups in total. The van der Waals surface area contributed by atoms with E-state index in [1.54, 1.807) is 6.92 Å². The predicted octanol–water partition coefficient (Wildman–Crippen LogP) is 3.36. The Morgan fingerprint density at radius 2 is 2.00 bits per heavy atom. The van der Waals surface area contributed by atoms with Crippen molar-refractivity contribution < 1.29 is 13.2 Å². The number of nitrogens with two attached hydrogens (primary N) is 2. The SMILES string of the molecule is Cc1c(-c2cc3c(s2)CCC(F)(F)C3N)c(F)c(N)c2c(=O)[nH]c(=O)n(C3CC3)c12. The fourth-order valence-electron chi connectivity index (χ4n) is 4.36. The summed E-state index contributed by atoms with van der Waals surface area (Å²) in [5.41, 5.74) is 11.2. The van der Waals surface area contributed by atoms with Crippen LogP contribution in [0.1, 0.15) is 47.4 Å². The van der Waals surface area contributed by atoms with Gasteiger partial charge in [0.2, 0.25) is 0 Å². The van der Waals surface area contributed by atoms with Gasteiger partial charge in [0.25, 0.3) is 11.5 Å². The number of nitrogens with zero attached hydrogens (tertiary/aromatic N) is 1. The van der Waals surface area contributed by atoms with Gasteiger partial charge in [-0.2, -0.15) is 0 Å². The van der Waals surface area contributed by atoms with Gasteiger partial charge in [0.1, 0.15) is 0 Å². The average molecular weight is 436 g/mol. The van der Waals surface area contributed by atoms with E-state index in [2.05, 4.69) is 4.98 Å². The Balaban J connectivity index is 1.83. The maximum Gasteiger partial charge on any atom is 0.329 e. The van der Waals surface area contributed by atoms with E-state index in [1.165, 1.54) is 22.0 Å². The fraction of sp³-hybridized carbons (Fsp3) is 0.400. The minimum absolute atomic E-state index is 0.0650. The Morgan fingerprint density at radius 1 is 1.30 bits per heavy atom. The number of H-pyrrole nitrogens is 1. The molecule has 0 bridgehead atoms. The van der Waals surface area contributed by atoms with Crippen molar-refractivity contribution in [3.63, 3.8) is 0 Å². The van der Waals surface area contributed by atoms with Crippen molar-refractivity contribution in [2.24, 2.45) is 5.73 Å². The third-order valence-electron chi connectivity index (χ3n) is 6.08. The van der Waals surface area contributed by atoms with E-state index in [4.69, 9.17) is 11.5 Å². The second-order valence-electron chi connectivity index (χ2n) is 8.04. The minimum atomic E-state index is -3.03. The lowest BCUT2D eigenvalue weighted by Crippen LogP contribution is -2.36. The van der Waals surface area contributed by atoms with Gasteiger partial charge in [0, 0.05) is 27.8 Å². The van der Waals surface area contributed by atoms with Crippen molar-refractivity contribution >= 4 is 27.9 Å². The summed E-state index contributed by atoms with van der Waals surface area (Å²) in [7, 11) is 0. The molecule has 1 saturated carbocycles. The predicted molar refractivity (Wildman–Crippen MR) is 110 cm³/mol. The molecule has 2 aromatic heterocycles. The number of hydrogen-bond donors (Lipinski definition) is 3. The molecule has 0 spiro atoms. The van der Waals surface area contributed by atoms with Crippen LogP contribution in [0, 0.1) is 12.7 Å². The van der Waals surface area contributed by atoms with Crippen LogP contribution < -0.4 is 22.7 Å². The van der Waals surface area contributed by atoms with Crippen LogP contribution in [0.3, 0.4) is 0 Å². The number of alkyl halides is 2. The first kappa shape index (κ1) is 19.4. The molecular weight excluding hydrogens is 417 g/mol. The Hall–Kier alpha value is -2.59. The maximum absolute atomic E-state index is 15.4. The van der Waals surface area contributed by atoms with Crippen LogP contribution in [0.15, 0.2) is 15.7 Å². The lowest BCUT2D eigenvalue weighted by atomic mass is 9.90. The fourth-order valence-corrected chi connectivity index (χ4v) is 5.66. The molecule has 1 aromatic carbocycles. The molecule has 0 aliphatic heterocycles. The Labute approximate surface area is 172 Å². The number of hydrogen-bond acceptors (Lipinski definition) is 5. The molecular formula is C20H19F3N4O2S. The highest BCUT2D eigenvalue weighted by Gasteiger charge is 2.43. The number of nitrogens with one attached hydrogen (secondary N) is 1. The first-order valence-electron chi connectivity index (χ1n) is 9.64. The van der Waals surface area contributed by atoms with Crippen LogP contribution in [0.2, 0.25) is 0 Å². The molecule has 10 heteroatoms. The highest BCUT2D eigenvalue weighted by molar-refractivity contribution is 7.15. The van der Waals surface area contributed by atoms with Crippen LogP contribution in [-0.2, 0) is 6.42 Å². The highest BCUT2D eigenvalue weighted by atomic mass is 32.1. The van der Waals surface area contributed by atoms with Crippen LogP contribution >= 0.6 is 11.3 Å². The maximum atomic E-state index is 15.4. The van der Waals surface area contributed by atoms with Gasteiger partial charge in [-0.05, 0) is 43.4 Å². The van der Waals surface area contributed by atoms with Crippen LogP contribution in [0.4, 0.5) is 18.9 Å². The summed E-state index contributed by atoms with van der Waals surface area (Å²) in [4.78, 5) is 28.2. The van der Waals surface area contributed by atoms with E-state index in [9.17, 15) is 18.4 Å². The zero-order valence-corrected chi connectivity index (χ0v) is 16.8.